The van der Waals surface area contributed by atoms with Gasteiger partial charge in [-0.25, -0.2) is 8.42 Å². The van der Waals surface area contributed by atoms with Gasteiger partial charge < -0.3 is 9.66 Å². The van der Waals surface area contributed by atoms with Crippen LogP contribution in [0.25, 0.3) is 0 Å². The number of carboxylic acid groups (broad SMARTS) is 1. The topological polar surface area (TPSA) is 94.5 Å². The molecule has 22 heavy (non-hydrogen) atoms. The smallest absolute Gasteiger partial charge is 0.744 e. The third-order valence-corrected chi connectivity index (χ3v) is 4.23. The largest absolute Gasteiger partial charge is 1.00 e. The quantitative estimate of drug-likeness (QED) is 0.612. The second-order valence-corrected chi connectivity index (χ2v) is 6.36. The molecule has 7 heteroatoms. The van der Waals surface area contributed by atoms with Crippen molar-refractivity contribution in [3.8, 4) is 0 Å². The summed E-state index contributed by atoms with van der Waals surface area (Å²) in [4.78, 5) is 9.77. The molecule has 0 aliphatic carbocycles. The second-order valence-electron chi connectivity index (χ2n) is 4.98. The number of aliphatic carboxylic acids is 1. The average molecular weight is 338 g/mol. The molecule has 0 aliphatic rings. The number of hydrogen-bond donors (Lipinski definition) is 1. The van der Waals surface area contributed by atoms with Gasteiger partial charge in [-0.1, -0.05) is 39.8 Å². The fraction of sp³-hybridized carbons (Fsp3) is 0.533. The summed E-state index contributed by atoms with van der Waals surface area (Å²) in [5.74, 6) is -0.499. The van der Waals surface area contributed by atoms with E-state index in [1.54, 1.807) is 19.1 Å². The van der Waals surface area contributed by atoms with E-state index in [0.29, 0.717) is 5.92 Å². The number of rotatable bonds is 5. The van der Waals surface area contributed by atoms with Crippen LogP contribution in [0.1, 0.15) is 52.0 Å². The van der Waals surface area contributed by atoms with Gasteiger partial charge in [0.05, 0.1) is 10.8 Å². The summed E-state index contributed by atoms with van der Waals surface area (Å²) in [6.45, 7) is 7.67. The van der Waals surface area contributed by atoms with Crippen molar-refractivity contribution in [3.63, 3.8) is 0 Å². The molecule has 120 valence electrons. The average Bonchev–Trinajstić information content (AvgIpc) is 2.45. The van der Waals surface area contributed by atoms with Crippen LogP contribution in [0.3, 0.4) is 0 Å². The summed E-state index contributed by atoms with van der Waals surface area (Å²) in [5, 5.41) is 8.18. The maximum Gasteiger partial charge on any atom is 1.00 e. The molecule has 2 atom stereocenters. The zero-order valence-electron chi connectivity index (χ0n) is 13.9. The predicted octanol–water partition coefficient (Wildman–Crippen LogP) is 0.225. The Morgan fingerprint density at radius 1 is 1.14 bits per heavy atom. The van der Waals surface area contributed by atoms with Crippen LogP contribution in [-0.4, -0.2) is 24.0 Å². The van der Waals surface area contributed by atoms with Gasteiger partial charge in [-0.2, -0.15) is 0 Å². The number of benzene rings is 1. The van der Waals surface area contributed by atoms with Crippen molar-refractivity contribution in [3.05, 3.63) is 29.8 Å². The van der Waals surface area contributed by atoms with E-state index in [0.717, 1.165) is 18.4 Å². The molecule has 0 saturated heterocycles. The molecular weight excluding hydrogens is 315 g/mol. The molecule has 0 amide bonds. The maximum atomic E-state index is 10.6. The van der Waals surface area contributed by atoms with Crippen LogP contribution in [0.15, 0.2) is 29.2 Å². The first-order valence-corrected chi connectivity index (χ1v) is 8.32. The SMILES string of the molecule is CCC(C)C(=O)O.CCC(C)c1ccc(S(=O)(=O)[O-])cc1.[Na+]. The summed E-state index contributed by atoms with van der Waals surface area (Å²) < 4.78 is 31.9. The molecule has 1 aromatic carbocycles. The van der Waals surface area contributed by atoms with Gasteiger partial charge in [-0.3, -0.25) is 4.79 Å². The summed E-state index contributed by atoms with van der Waals surface area (Å²) >= 11 is 0. The molecule has 5 nitrogen and oxygen atoms in total. The third kappa shape index (κ3) is 8.90. The van der Waals surface area contributed by atoms with E-state index in [9.17, 15) is 17.8 Å². The third-order valence-electron chi connectivity index (χ3n) is 3.38. The standard InChI is InChI=1S/C10H14O3S.C5H10O2.Na/c1-3-8(2)9-4-6-10(7-5-9)14(11,12)13;1-3-4(2)5(6)7;/h4-8H,3H2,1-2H3,(H,11,12,13);4H,3H2,1-2H3,(H,6,7);/q;;+1/p-1. The fourth-order valence-electron chi connectivity index (χ4n) is 1.37. The van der Waals surface area contributed by atoms with Crippen LogP contribution in [0.4, 0.5) is 0 Å². The van der Waals surface area contributed by atoms with E-state index in [-0.39, 0.29) is 40.4 Å². The van der Waals surface area contributed by atoms with E-state index < -0.39 is 16.1 Å². The Morgan fingerprint density at radius 2 is 1.59 bits per heavy atom. The van der Waals surface area contributed by atoms with Crippen LogP contribution < -0.4 is 29.6 Å². The fourth-order valence-corrected chi connectivity index (χ4v) is 1.84. The van der Waals surface area contributed by atoms with Crippen molar-refractivity contribution < 1.29 is 52.4 Å². The van der Waals surface area contributed by atoms with Crippen molar-refractivity contribution in [2.24, 2.45) is 5.92 Å². The Balaban J connectivity index is 0. The van der Waals surface area contributed by atoms with Gasteiger partial charge in [-0.15, -0.1) is 0 Å². The minimum Gasteiger partial charge on any atom is -0.744 e. The molecule has 0 spiro atoms. The number of carboxylic acids is 1. The first kappa shape index (κ1) is 23.9. The molecule has 2 unspecified atom stereocenters. The van der Waals surface area contributed by atoms with Crippen LogP contribution in [-0.2, 0) is 14.9 Å². The monoisotopic (exact) mass is 338 g/mol. The minimum absolute atomic E-state index is 0. The van der Waals surface area contributed by atoms with E-state index >= 15 is 0 Å². The first-order chi connectivity index (χ1) is 9.63. The van der Waals surface area contributed by atoms with E-state index in [4.69, 9.17) is 5.11 Å². The molecule has 1 N–H and O–H groups in total. The van der Waals surface area contributed by atoms with Gasteiger partial charge in [-0.05, 0) is 36.5 Å². The molecule has 0 aliphatic heterocycles. The van der Waals surface area contributed by atoms with E-state index in [2.05, 4.69) is 13.8 Å². The Labute approximate surface area is 155 Å². The normalized spacial score (nSPS) is 13.1. The van der Waals surface area contributed by atoms with Crippen molar-refractivity contribution >= 4 is 16.1 Å². The van der Waals surface area contributed by atoms with Crippen molar-refractivity contribution in [1.29, 1.82) is 0 Å². The molecule has 0 radical (unpaired) electrons. The van der Waals surface area contributed by atoms with E-state index in [1.165, 1.54) is 12.1 Å². The maximum absolute atomic E-state index is 10.6. The van der Waals surface area contributed by atoms with Gasteiger partial charge in [0, 0.05) is 0 Å². The zero-order valence-corrected chi connectivity index (χ0v) is 16.7. The van der Waals surface area contributed by atoms with Gasteiger partial charge >= 0.3 is 35.5 Å². The molecule has 0 bridgehead atoms. The molecule has 0 heterocycles. The Hall–Kier alpha value is -0.400. The molecule has 0 fully saturated rings. The van der Waals surface area contributed by atoms with Crippen LogP contribution in [0.5, 0.6) is 0 Å². The van der Waals surface area contributed by atoms with Gasteiger partial charge in [0.15, 0.2) is 0 Å². The van der Waals surface area contributed by atoms with Crippen LogP contribution in [0, 0.1) is 5.92 Å². The molecule has 0 saturated carbocycles. The van der Waals surface area contributed by atoms with Gasteiger partial charge in [0.25, 0.3) is 0 Å². The zero-order chi connectivity index (χ0) is 16.6. The minimum atomic E-state index is -4.30. The van der Waals surface area contributed by atoms with Crippen molar-refractivity contribution in [2.45, 2.75) is 51.3 Å². The van der Waals surface area contributed by atoms with Gasteiger partial charge in [0.1, 0.15) is 10.1 Å². The molecular formula is C15H23NaO5S. The first-order valence-electron chi connectivity index (χ1n) is 6.92. The second kappa shape index (κ2) is 11.2. The number of carbonyl (C=O) groups is 1. The Bertz CT molecular complexity index is 540. The molecule has 0 aromatic heterocycles. The summed E-state index contributed by atoms with van der Waals surface area (Å²) in [7, 11) is -4.30. The van der Waals surface area contributed by atoms with Gasteiger partial charge in [0.2, 0.25) is 0 Å². The summed E-state index contributed by atoms with van der Waals surface area (Å²) in [5.41, 5.74) is 1.06. The predicted molar refractivity (Wildman–Crippen MR) is 80.2 cm³/mol. The molecule has 1 aromatic rings. The Kier molecular flexibility index (Phi) is 12.1. The Morgan fingerprint density at radius 3 is 1.82 bits per heavy atom. The molecule has 1 rings (SSSR count). The van der Waals surface area contributed by atoms with E-state index in [1.807, 2.05) is 6.92 Å². The van der Waals surface area contributed by atoms with Crippen molar-refractivity contribution in [1.82, 2.24) is 0 Å². The van der Waals surface area contributed by atoms with Crippen LogP contribution >= 0.6 is 0 Å². The van der Waals surface area contributed by atoms with Crippen LogP contribution in [0.2, 0.25) is 0 Å². The number of hydrogen-bond acceptors (Lipinski definition) is 4. The van der Waals surface area contributed by atoms with Crippen molar-refractivity contribution in [2.75, 3.05) is 0 Å². The summed E-state index contributed by atoms with van der Waals surface area (Å²) in [6.07, 6.45) is 1.71. The summed E-state index contributed by atoms with van der Waals surface area (Å²) in [6, 6.07) is 6.12.